The molecule has 0 unspecified atom stereocenters. The Bertz CT molecular complexity index is 499. The molecule has 0 spiro atoms. The van der Waals surface area contributed by atoms with Gasteiger partial charge in [-0.3, -0.25) is 0 Å². The van der Waals surface area contributed by atoms with E-state index in [1.165, 1.54) is 0 Å². The van der Waals surface area contributed by atoms with Crippen molar-refractivity contribution in [1.29, 1.82) is 0 Å². The summed E-state index contributed by atoms with van der Waals surface area (Å²) in [5.41, 5.74) is -0.932. The number of nitrogens with one attached hydrogen (secondary N) is 1. The first-order chi connectivity index (χ1) is 8.68. The molecule has 1 rings (SSSR count). The Balaban J connectivity index is 2.22. The lowest BCUT2D eigenvalue weighted by Crippen LogP contribution is -2.15. The lowest BCUT2D eigenvalue weighted by molar-refractivity contribution is -0.140. The van der Waals surface area contributed by atoms with Gasteiger partial charge in [0.2, 0.25) is 0 Å². The average molecular weight is 318 g/mol. The van der Waals surface area contributed by atoms with Crippen molar-refractivity contribution in [3.8, 4) is 0 Å². The quantitative estimate of drug-likeness (QED) is 0.774. The van der Waals surface area contributed by atoms with Gasteiger partial charge in [-0.2, -0.15) is 13.2 Å². The fourth-order valence-electron chi connectivity index (χ4n) is 1.03. The van der Waals surface area contributed by atoms with Crippen LogP contribution in [0.15, 0.2) is 5.38 Å². The third-order valence-corrected chi connectivity index (χ3v) is 3.62. The highest BCUT2D eigenvalue weighted by Gasteiger charge is 2.33. The lowest BCUT2D eigenvalue weighted by Gasteiger charge is -2.04. The molecule has 0 saturated carbocycles. The molecule has 0 amide bonds. The Morgan fingerprint density at radius 2 is 2.11 bits per heavy atom. The number of alkyl halides is 3. The summed E-state index contributed by atoms with van der Waals surface area (Å²) in [5, 5.41) is 3.74. The molecule has 10 heteroatoms. The Hall–Kier alpha value is -0.870. The van der Waals surface area contributed by atoms with Crippen LogP contribution in [0.2, 0.25) is 0 Å². The van der Waals surface area contributed by atoms with Gasteiger partial charge in [0.15, 0.2) is 10.8 Å². The van der Waals surface area contributed by atoms with Crippen molar-refractivity contribution in [1.82, 2.24) is 4.98 Å². The fraction of sp³-hybridized carbons (Fsp3) is 0.667. The maximum Gasteiger partial charge on any atom is 0.434 e. The SMILES string of the molecule is CS(=O)(=O)CCOCCNc1nc(C(F)(F)F)cs1. The standard InChI is InChI=1S/C9H13F3N2O3S2/c1-19(15,16)5-4-17-3-2-13-8-14-7(6-18-8)9(10,11)12/h6H,2-5H2,1H3,(H,13,14). The van der Waals surface area contributed by atoms with Crippen molar-refractivity contribution in [3.05, 3.63) is 11.1 Å². The van der Waals surface area contributed by atoms with Gasteiger partial charge in [-0.15, -0.1) is 11.3 Å². The van der Waals surface area contributed by atoms with Gasteiger partial charge in [0.05, 0.1) is 19.0 Å². The van der Waals surface area contributed by atoms with Crippen LogP contribution in [0.5, 0.6) is 0 Å². The van der Waals surface area contributed by atoms with Gasteiger partial charge in [-0.1, -0.05) is 0 Å². The van der Waals surface area contributed by atoms with Crippen LogP contribution in [0.25, 0.3) is 0 Å². The van der Waals surface area contributed by atoms with Crippen LogP contribution in [0.3, 0.4) is 0 Å². The van der Waals surface area contributed by atoms with E-state index in [0.29, 0.717) is 0 Å². The zero-order chi connectivity index (χ0) is 14.5. The van der Waals surface area contributed by atoms with Crippen molar-refractivity contribution >= 4 is 26.3 Å². The van der Waals surface area contributed by atoms with E-state index in [9.17, 15) is 21.6 Å². The molecule has 0 aliphatic carbocycles. The highest BCUT2D eigenvalue weighted by Crippen LogP contribution is 2.31. The van der Waals surface area contributed by atoms with Crippen LogP contribution < -0.4 is 5.32 Å². The van der Waals surface area contributed by atoms with Gasteiger partial charge >= 0.3 is 6.18 Å². The first-order valence-electron chi connectivity index (χ1n) is 5.20. The van der Waals surface area contributed by atoms with Crippen LogP contribution in [0.1, 0.15) is 5.69 Å². The molecular formula is C9H13F3N2O3S2. The van der Waals surface area contributed by atoms with E-state index in [2.05, 4.69) is 10.3 Å². The average Bonchev–Trinajstić information content (AvgIpc) is 2.69. The molecular weight excluding hydrogens is 305 g/mol. The third-order valence-electron chi connectivity index (χ3n) is 1.92. The number of anilines is 1. The Kier molecular flexibility index (Phi) is 5.56. The van der Waals surface area contributed by atoms with Crippen molar-refractivity contribution in [2.45, 2.75) is 6.18 Å². The van der Waals surface area contributed by atoms with Crippen molar-refractivity contribution in [2.75, 3.05) is 37.1 Å². The summed E-state index contributed by atoms with van der Waals surface area (Å²) >= 11 is 0.851. The maximum atomic E-state index is 12.2. The summed E-state index contributed by atoms with van der Waals surface area (Å²) in [6.45, 7) is 0.511. The van der Waals surface area contributed by atoms with E-state index in [1.807, 2.05) is 0 Å². The predicted octanol–water partition coefficient (Wildman–Crippen LogP) is 1.64. The van der Waals surface area contributed by atoms with Gasteiger partial charge in [0.25, 0.3) is 0 Å². The van der Waals surface area contributed by atoms with E-state index in [1.54, 1.807) is 0 Å². The first kappa shape index (κ1) is 16.2. The van der Waals surface area contributed by atoms with Crippen LogP contribution in [0, 0.1) is 0 Å². The highest BCUT2D eigenvalue weighted by atomic mass is 32.2. The molecule has 1 aromatic rings. The van der Waals surface area contributed by atoms with Gasteiger partial charge in [-0.05, 0) is 0 Å². The van der Waals surface area contributed by atoms with Crippen LogP contribution in [0.4, 0.5) is 18.3 Å². The molecule has 0 atom stereocenters. The molecule has 5 nitrogen and oxygen atoms in total. The molecule has 0 aliphatic heterocycles. The normalized spacial score (nSPS) is 12.6. The number of nitrogens with zero attached hydrogens (tertiary/aromatic N) is 1. The molecule has 0 saturated heterocycles. The molecule has 0 aliphatic rings. The maximum absolute atomic E-state index is 12.2. The smallest absolute Gasteiger partial charge is 0.379 e. The van der Waals surface area contributed by atoms with Gasteiger partial charge in [0, 0.05) is 18.2 Å². The monoisotopic (exact) mass is 318 g/mol. The number of thiazole rings is 1. The van der Waals surface area contributed by atoms with Gasteiger partial charge in [0.1, 0.15) is 9.84 Å². The van der Waals surface area contributed by atoms with Crippen molar-refractivity contribution < 1.29 is 26.3 Å². The second-order valence-corrected chi connectivity index (χ2v) is 6.82. The third kappa shape index (κ3) is 6.73. The van der Waals surface area contributed by atoms with E-state index in [4.69, 9.17) is 4.74 Å². The molecule has 1 N–H and O–H groups in total. The summed E-state index contributed by atoms with van der Waals surface area (Å²) in [6, 6.07) is 0. The van der Waals surface area contributed by atoms with Gasteiger partial charge in [-0.25, -0.2) is 13.4 Å². The summed E-state index contributed by atoms with van der Waals surface area (Å²) in [5.74, 6) is -0.0809. The number of hydrogen-bond acceptors (Lipinski definition) is 6. The van der Waals surface area contributed by atoms with Crippen LogP contribution in [-0.2, 0) is 20.8 Å². The second-order valence-electron chi connectivity index (χ2n) is 3.70. The second kappa shape index (κ2) is 6.53. The molecule has 0 aromatic carbocycles. The largest absolute Gasteiger partial charge is 0.434 e. The summed E-state index contributed by atoms with van der Waals surface area (Å²) in [7, 11) is -3.06. The molecule has 1 aromatic heterocycles. The van der Waals surface area contributed by atoms with E-state index < -0.39 is 21.7 Å². The summed E-state index contributed by atoms with van der Waals surface area (Å²) < 4.78 is 63.3. The molecule has 0 radical (unpaired) electrons. The van der Waals surface area contributed by atoms with E-state index in [-0.39, 0.29) is 30.6 Å². The summed E-state index contributed by atoms with van der Waals surface area (Å²) in [6.07, 6.45) is -3.34. The minimum absolute atomic E-state index is 0.0617. The molecule has 1 heterocycles. The Morgan fingerprint density at radius 1 is 1.42 bits per heavy atom. The molecule has 0 bridgehead atoms. The zero-order valence-corrected chi connectivity index (χ0v) is 11.7. The van der Waals surface area contributed by atoms with Crippen molar-refractivity contribution in [2.24, 2.45) is 0 Å². The summed E-state index contributed by atoms with van der Waals surface area (Å²) in [4.78, 5) is 3.37. The minimum atomic E-state index is -4.44. The van der Waals surface area contributed by atoms with E-state index >= 15 is 0 Å². The Morgan fingerprint density at radius 3 is 2.63 bits per heavy atom. The van der Waals surface area contributed by atoms with Crippen LogP contribution >= 0.6 is 11.3 Å². The Labute approximate surface area is 112 Å². The van der Waals surface area contributed by atoms with Crippen LogP contribution in [-0.4, -0.2) is 45.2 Å². The fourth-order valence-corrected chi connectivity index (χ4v) is 2.19. The predicted molar refractivity (Wildman–Crippen MR) is 66.1 cm³/mol. The number of rotatable bonds is 7. The molecule has 110 valence electrons. The first-order valence-corrected chi connectivity index (χ1v) is 8.14. The number of halogens is 3. The lowest BCUT2D eigenvalue weighted by atomic mass is 10.5. The number of hydrogen-bond donors (Lipinski definition) is 1. The zero-order valence-electron chi connectivity index (χ0n) is 10.0. The van der Waals surface area contributed by atoms with Gasteiger partial charge < -0.3 is 10.1 Å². The van der Waals surface area contributed by atoms with Crippen molar-refractivity contribution in [3.63, 3.8) is 0 Å². The number of sulfone groups is 1. The highest BCUT2D eigenvalue weighted by molar-refractivity contribution is 7.90. The minimum Gasteiger partial charge on any atom is -0.379 e. The number of ether oxygens (including phenoxy) is 1. The topological polar surface area (TPSA) is 68.3 Å². The van der Waals surface area contributed by atoms with E-state index in [0.717, 1.165) is 23.0 Å². The molecule has 19 heavy (non-hydrogen) atoms. The number of aromatic nitrogens is 1. The molecule has 0 fully saturated rings.